The molecule has 3 heterocycles. The lowest BCUT2D eigenvalue weighted by Crippen LogP contribution is -2.26. The molecule has 0 aromatic carbocycles. The summed E-state index contributed by atoms with van der Waals surface area (Å²) in [5.74, 6) is 1.34. The number of carbonyl (C=O) groups is 1. The molecular formula is C17H18N4O2. The first-order chi connectivity index (χ1) is 11.1. The maximum absolute atomic E-state index is 12.5. The fourth-order valence-electron chi connectivity index (χ4n) is 2.68. The van der Waals surface area contributed by atoms with Gasteiger partial charge >= 0.3 is 0 Å². The van der Waals surface area contributed by atoms with Crippen LogP contribution < -0.4 is 0 Å². The molecule has 0 aliphatic heterocycles. The Balaban J connectivity index is 1.51. The number of rotatable bonds is 4. The Morgan fingerprint density at radius 1 is 1.39 bits per heavy atom. The average molecular weight is 310 g/mol. The van der Waals surface area contributed by atoms with Crippen LogP contribution >= 0.6 is 0 Å². The van der Waals surface area contributed by atoms with Crippen LogP contribution in [0.15, 0.2) is 35.1 Å². The summed E-state index contributed by atoms with van der Waals surface area (Å²) in [6.45, 7) is 2.43. The Kier molecular flexibility index (Phi) is 3.18. The van der Waals surface area contributed by atoms with Gasteiger partial charge in [-0.25, -0.2) is 4.98 Å². The summed E-state index contributed by atoms with van der Waals surface area (Å²) in [5, 5.41) is 4.05. The quantitative estimate of drug-likeness (QED) is 0.743. The number of hydrogen-bond donors (Lipinski definition) is 0. The lowest BCUT2D eigenvalue weighted by molar-refractivity contribution is 0.0777. The molecule has 0 atom stereocenters. The summed E-state index contributed by atoms with van der Waals surface area (Å²) >= 11 is 0. The standard InChI is InChI=1S/C17H18N4O2/c1-11-3-6-16-18-14(10-21(16)8-11)17(22)20(2)9-13-7-15(23-19-13)12-4-5-12/h3,6-8,10,12H,4-5,9H2,1-2H3. The maximum atomic E-state index is 12.5. The van der Waals surface area contributed by atoms with Gasteiger partial charge in [0.25, 0.3) is 5.91 Å². The van der Waals surface area contributed by atoms with E-state index >= 15 is 0 Å². The largest absolute Gasteiger partial charge is 0.361 e. The monoisotopic (exact) mass is 310 g/mol. The molecule has 6 heteroatoms. The number of fused-ring (bicyclic) bond motifs is 1. The first kappa shape index (κ1) is 14.0. The van der Waals surface area contributed by atoms with E-state index in [1.54, 1.807) is 18.1 Å². The normalized spacial score (nSPS) is 14.3. The van der Waals surface area contributed by atoms with Gasteiger partial charge in [-0.1, -0.05) is 11.2 Å². The van der Waals surface area contributed by atoms with Gasteiger partial charge in [0.15, 0.2) is 0 Å². The van der Waals surface area contributed by atoms with E-state index in [1.807, 2.05) is 35.7 Å². The van der Waals surface area contributed by atoms with Gasteiger partial charge in [0.1, 0.15) is 22.8 Å². The number of aromatic nitrogens is 3. The van der Waals surface area contributed by atoms with E-state index in [-0.39, 0.29) is 5.91 Å². The number of nitrogens with zero attached hydrogens (tertiary/aromatic N) is 4. The van der Waals surface area contributed by atoms with Crippen LogP contribution in [-0.2, 0) is 6.54 Å². The molecule has 0 bridgehead atoms. The number of aryl methyl sites for hydroxylation is 1. The highest BCUT2D eigenvalue weighted by Gasteiger charge is 2.28. The van der Waals surface area contributed by atoms with E-state index in [0.29, 0.717) is 18.2 Å². The van der Waals surface area contributed by atoms with Crippen molar-refractivity contribution >= 4 is 11.6 Å². The summed E-state index contributed by atoms with van der Waals surface area (Å²) in [6.07, 6.45) is 6.06. The molecule has 0 saturated heterocycles. The van der Waals surface area contributed by atoms with Crippen molar-refractivity contribution in [2.24, 2.45) is 0 Å². The molecule has 1 saturated carbocycles. The zero-order chi connectivity index (χ0) is 16.0. The highest BCUT2D eigenvalue weighted by molar-refractivity contribution is 5.92. The fraction of sp³-hybridized carbons (Fsp3) is 0.353. The Morgan fingerprint density at radius 3 is 3.00 bits per heavy atom. The van der Waals surface area contributed by atoms with Gasteiger partial charge in [0.05, 0.1) is 6.54 Å². The van der Waals surface area contributed by atoms with Crippen LogP contribution in [0.3, 0.4) is 0 Å². The van der Waals surface area contributed by atoms with Gasteiger partial charge in [0, 0.05) is 31.4 Å². The molecule has 118 valence electrons. The van der Waals surface area contributed by atoms with Gasteiger partial charge in [-0.05, 0) is 31.4 Å². The molecule has 1 amide bonds. The molecule has 3 aromatic rings. The van der Waals surface area contributed by atoms with E-state index in [2.05, 4.69) is 10.1 Å². The molecular weight excluding hydrogens is 292 g/mol. The van der Waals surface area contributed by atoms with Gasteiger partial charge in [0.2, 0.25) is 0 Å². The van der Waals surface area contributed by atoms with E-state index in [9.17, 15) is 4.79 Å². The summed E-state index contributed by atoms with van der Waals surface area (Å²) in [4.78, 5) is 18.6. The molecule has 0 N–H and O–H groups in total. The second kappa shape index (κ2) is 5.22. The number of amides is 1. The molecule has 1 aliphatic rings. The van der Waals surface area contributed by atoms with Crippen molar-refractivity contribution in [2.75, 3.05) is 7.05 Å². The van der Waals surface area contributed by atoms with Crippen LogP contribution in [-0.4, -0.2) is 32.4 Å². The molecule has 0 radical (unpaired) electrons. The lowest BCUT2D eigenvalue weighted by Gasteiger charge is -2.13. The molecule has 1 fully saturated rings. The van der Waals surface area contributed by atoms with E-state index < -0.39 is 0 Å². The Hall–Kier alpha value is -2.63. The van der Waals surface area contributed by atoms with E-state index in [1.165, 1.54) is 12.8 Å². The van der Waals surface area contributed by atoms with Crippen molar-refractivity contribution in [3.63, 3.8) is 0 Å². The molecule has 4 rings (SSSR count). The first-order valence-electron chi connectivity index (χ1n) is 7.76. The van der Waals surface area contributed by atoms with Crippen molar-refractivity contribution in [1.29, 1.82) is 0 Å². The fourth-order valence-corrected chi connectivity index (χ4v) is 2.68. The third-order valence-corrected chi connectivity index (χ3v) is 4.12. The van der Waals surface area contributed by atoms with Crippen LogP contribution in [0.25, 0.3) is 5.65 Å². The van der Waals surface area contributed by atoms with Crippen LogP contribution in [0.4, 0.5) is 0 Å². The summed E-state index contributed by atoms with van der Waals surface area (Å²) in [6, 6.07) is 5.84. The Labute approximate surface area is 133 Å². The molecule has 0 spiro atoms. The lowest BCUT2D eigenvalue weighted by atomic mass is 10.2. The van der Waals surface area contributed by atoms with Crippen LogP contribution in [0.5, 0.6) is 0 Å². The topological polar surface area (TPSA) is 63.6 Å². The van der Waals surface area contributed by atoms with Crippen LogP contribution in [0.2, 0.25) is 0 Å². The van der Waals surface area contributed by atoms with E-state index in [0.717, 1.165) is 22.7 Å². The highest BCUT2D eigenvalue weighted by Crippen LogP contribution is 2.40. The summed E-state index contributed by atoms with van der Waals surface area (Å²) < 4.78 is 7.20. The second-order valence-electron chi connectivity index (χ2n) is 6.25. The van der Waals surface area contributed by atoms with Crippen molar-refractivity contribution in [3.8, 4) is 0 Å². The first-order valence-corrected chi connectivity index (χ1v) is 7.76. The molecule has 6 nitrogen and oxygen atoms in total. The van der Waals surface area contributed by atoms with Crippen molar-refractivity contribution in [1.82, 2.24) is 19.4 Å². The molecule has 23 heavy (non-hydrogen) atoms. The van der Waals surface area contributed by atoms with Gasteiger partial charge < -0.3 is 13.8 Å². The third-order valence-electron chi connectivity index (χ3n) is 4.12. The van der Waals surface area contributed by atoms with E-state index in [4.69, 9.17) is 4.52 Å². The summed E-state index contributed by atoms with van der Waals surface area (Å²) in [7, 11) is 1.75. The molecule has 1 aliphatic carbocycles. The maximum Gasteiger partial charge on any atom is 0.274 e. The van der Waals surface area contributed by atoms with Gasteiger partial charge in [-0.15, -0.1) is 0 Å². The minimum Gasteiger partial charge on any atom is -0.361 e. The van der Waals surface area contributed by atoms with Crippen LogP contribution in [0, 0.1) is 6.92 Å². The smallest absolute Gasteiger partial charge is 0.274 e. The zero-order valence-electron chi connectivity index (χ0n) is 13.2. The van der Waals surface area contributed by atoms with Crippen molar-refractivity contribution in [3.05, 3.63) is 53.3 Å². The molecule has 3 aromatic heterocycles. The predicted octanol–water partition coefficient (Wildman–Crippen LogP) is 2.78. The number of imidazole rings is 1. The number of carbonyl (C=O) groups excluding carboxylic acids is 1. The second-order valence-corrected chi connectivity index (χ2v) is 6.25. The Bertz CT molecular complexity index is 876. The van der Waals surface area contributed by atoms with Crippen molar-refractivity contribution < 1.29 is 9.32 Å². The average Bonchev–Trinajstić information content (AvgIpc) is 3.13. The Morgan fingerprint density at radius 2 is 2.22 bits per heavy atom. The van der Waals surface area contributed by atoms with Crippen molar-refractivity contribution in [2.45, 2.75) is 32.2 Å². The SMILES string of the molecule is Cc1ccc2nc(C(=O)N(C)Cc3cc(C4CC4)on3)cn2c1. The minimum absolute atomic E-state index is 0.123. The minimum atomic E-state index is -0.123. The number of pyridine rings is 1. The van der Waals surface area contributed by atoms with Gasteiger partial charge in [-0.3, -0.25) is 4.79 Å². The van der Waals surface area contributed by atoms with Crippen LogP contribution in [0.1, 0.15) is 46.3 Å². The highest BCUT2D eigenvalue weighted by atomic mass is 16.5. The number of hydrogen-bond acceptors (Lipinski definition) is 4. The summed E-state index contributed by atoms with van der Waals surface area (Å²) in [5.41, 5.74) is 3.11. The third kappa shape index (κ3) is 2.72. The predicted molar refractivity (Wildman–Crippen MR) is 84.2 cm³/mol. The molecule has 0 unspecified atom stereocenters. The van der Waals surface area contributed by atoms with Gasteiger partial charge in [-0.2, -0.15) is 0 Å². The zero-order valence-corrected chi connectivity index (χ0v) is 13.2.